The van der Waals surface area contributed by atoms with E-state index in [-0.39, 0.29) is 6.61 Å². The minimum atomic E-state index is -0.432. The molecule has 3 rings (SSSR count). The summed E-state index contributed by atoms with van der Waals surface area (Å²) in [6.45, 7) is 2.08. The van der Waals surface area contributed by atoms with E-state index in [1.807, 2.05) is 24.3 Å². The van der Waals surface area contributed by atoms with Crippen molar-refractivity contribution in [1.29, 1.82) is 0 Å². The molecule has 9 nitrogen and oxygen atoms in total. The second-order valence-electron chi connectivity index (χ2n) is 6.05. The molecule has 142 valence electrons. The highest BCUT2D eigenvalue weighted by molar-refractivity contribution is 9.10. The van der Waals surface area contributed by atoms with E-state index in [1.54, 1.807) is 25.6 Å². The minimum Gasteiger partial charge on any atom is -0.486 e. The summed E-state index contributed by atoms with van der Waals surface area (Å²) in [5.41, 5.74) is 3.29. The predicted octanol–water partition coefficient (Wildman–Crippen LogP) is 1.60. The summed E-state index contributed by atoms with van der Waals surface area (Å²) < 4.78 is 10.5. The second-order valence-corrected chi connectivity index (χ2v) is 6.90. The van der Waals surface area contributed by atoms with E-state index in [1.165, 1.54) is 11.6 Å². The summed E-state index contributed by atoms with van der Waals surface area (Å²) in [6.07, 6.45) is 0. The van der Waals surface area contributed by atoms with Gasteiger partial charge < -0.3 is 9.30 Å². The average molecular weight is 435 g/mol. The van der Waals surface area contributed by atoms with E-state index >= 15 is 0 Å². The fourth-order valence-corrected chi connectivity index (χ4v) is 2.94. The van der Waals surface area contributed by atoms with Crippen molar-refractivity contribution in [2.75, 3.05) is 12.0 Å². The highest BCUT2D eigenvalue weighted by Crippen LogP contribution is 2.23. The fraction of sp³-hybridized carbons (Fsp3) is 0.294. The zero-order valence-electron chi connectivity index (χ0n) is 15.4. The van der Waals surface area contributed by atoms with Crippen LogP contribution in [0.1, 0.15) is 6.92 Å². The molecule has 1 N–H and O–H groups in total. The lowest BCUT2D eigenvalue weighted by atomic mass is 10.3. The van der Waals surface area contributed by atoms with Gasteiger partial charge in [-0.05, 0) is 35.0 Å². The van der Waals surface area contributed by atoms with Crippen LogP contribution in [0, 0.1) is 0 Å². The second kappa shape index (κ2) is 7.39. The van der Waals surface area contributed by atoms with E-state index in [9.17, 15) is 9.59 Å². The van der Waals surface area contributed by atoms with Crippen LogP contribution in [0.3, 0.4) is 0 Å². The molecule has 0 saturated carbocycles. The number of fused-ring (bicyclic) bond motifs is 1. The van der Waals surface area contributed by atoms with Crippen LogP contribution in [0.15, 0.2) is 43.4 Å². The smallest absolute Gasteiger partial charge is 0.332 e. The number of rotatable bonds is 5. The van der Waals surface area contributed by atoms with Crippen LogP contribution in [0.2, 0.25) is 0 Å². The number of hydrogen-bond acceptors (Lipinski definition) is 6. The van der Waals surface area contributed by atoms with Crippen LogP contribution in [0.5, 0.6) is 5.75 Å². The highest BCUT2D eigenvalue weighted by atomic mass is 79.9. The third-order valence-corrected chi connectivity index (χ3v) is 4.75. The van der Waals surface area contributed by atoms with Crippen molar-refractivity contribution in [3.8, 4) is 5.75 Å². The minimum absolute atomic E-state index is 0.278. The normalized spacial score (nSPS) is 11.8. The van der Waals surface area contributed by atoms with Gasteiger partial charge in [0.1, 0.15) is 12.4 Å². The SMILES string of the molecule is CC(COc1ccccc1Br)=NNc1nc2c(c(=O)n(C)c(=O)n2C)n1C. The Labute approximate surface area is 163 Å². The largest absolute Gasteiger partial charge is 0.486 e. The van der Waals surface area contributed by atoms with Crippen LogP contribution in [0.4, 0.5) is 5.95 Å². The van der Waals surface area contributed by atoms with Gasteiger partial charge in [0, 0.05) is 21.1 Å². The van der Waals surface area contributed by atoms with Gasteiger partial charge in [-0.1, -0.05) is 12.1 Å². The standard InChI is InChI=1S/C17H19BrN6O3/c1-10(9-27-12-8-6-5-7-11(12)18)20-21-16-19-14-13(22(16)2)15(25)24(4)17(26)23(14)3/h5-8H,9H2,1-4H3,(H,19,21). The molecule has 0 unspecified atom stereocenters. The highest BCUT2D eigenvalue weighted by Gasteiger charge is 2.16. The first-order valence-corrected chi connectivity index (χ1v) is 8.89. The van der Waals surface area contributed by atoms with E-state index < -0.39 is 11.2 Å². The van der Waals surface area contributed by atoms with Gasteiger partial charge in [0.2, 0.25) is 5.95 Å². The number of aryl methyl sites for hydroxylation is 2. The molecule has 1 aromatic carbocycles. The topological polar surface area (TPSA) is 95.4 Å². The van der Waals surface area contributed by atoms with Crippen LogP contribution in [-0.2, 0) is 21.1 Å². The number of aromatic nitrogens is 4. The summed E-state index contributed by atoms with van der Waals surface area (Å²) in [6, 6.07) is 7.54. The molecule has 0 aliphatic carbocycles. The van der Waals surface area contributed by atoms with Crippen LogP contribution in [0.25, 0.3) is 11.2 Å². The Morgan fingerprint density at radius 2 is 1.89 bits per heavy atom. The summed E-state index contributed by atoms with van der Waals surface area (Å²) in [7, 11) is 4.69. The molecule has 0 fully saturated rings. The van der Waals surface area contributed by atoms with E-state index in [2.05, 4.69) is 31.4 Å². The Balaban J connectivity index is 1.83. The molecule has 0 bridgehead atoms. The first-order valence-electron chi connectivity index (χ1n) is 8.10. The van der Waals surface area contributed by atoms with E-state index in [4.69, 9.17) is 4.74 Å². The number of anilines is 1. The van der Waals surface area contributed by atoms with Crippen molar-refractivity contribution in [2.24, 2.45) is 26.2 Å². The molecular formula is C17H19BrN6O3. The summed E-state index contributed by atoms with van der Waals surface area (Å²) in [5.74, 6) is 1.07. The molecule has 0 amide bonds. The maximum Gasteiger partial charge on any atom is 0.332 e. The van der Waals surface area contributed by atoms with Crippen LogP contribution < -0.4 is 21.4 Å². The third-order valence-electron chi connectivity index (χ3n) is 4.10. The number of nitrogens with zero attached hydrogens (tertiary/aromatic N) is 5. The van der Waals surface area contributed by atoms with Gasteiger partial charge in [0.05, 0.1) is 10.2 Å². The van der Waals surface area contributed by atoms with Gasteiger partial charge in [0.25, 0.3) is 5.56 Å². The Morgan fingerprint density at radius 1 is 1.19 bits per heavy atom. The van der Waals surface area contributed by atoms with Crippen LogP contribution >= 0.6 is 15.9 Å². The number of para-hydroxylation sites is 1. The molecular weight excluding hydrogens is 416 g/mol. The zero-order valence-corrected chi connectivity index (χ0v) is 16.9. The summed E-state index contributed by atoms with van der Waals surface area (Å²) >= 11 is 3.42. The van der Waals surface area contributed by atoms with Crippen LogP contribution in [-0.4, -0.2) is 31.0 Å². The number of hydrogen-bond donors (Lipinski definition) is 1. The lowest BCUT2D eigenvalue weighted by molar-refractivity contribution is 0.373. The average Bonchev–Trinajstić information content (AvgIpc) is 2.99. The Morgan fingerprint density at radius 3 is 2.59 bits per heavy atom. The summed E-state index contributed by atoms with van der Waals surface area (Å²) in [5, 5.41) is 4.25. The Hall–Kier alpha value is -2.88. The molecule has 0 aliphatic rings. The van der Waals surface area contributed by atoms with Crippen molar-refractivity contribution >= 4 is 38.8 Å². The number of benzene rings is 1. The molecule has 10 heteroatoms. The summed E-state index contributed by atoms with van der Waals surface area (Å²) in [4.78, 5) is 28.7. The van der Waals surface area contributed by atoms with E-state index in [0.717, 1.165) is 9.04 Å². The molecule has 2 aromatic heterocycles. The molecule has 3 aromatic rings. The zero-order chi connectivity index (χ0) is 19.7. The number of ether oxygens (including phenoxy) is 1. The van der Waals surface area contributed by atoms with Crippen molar-refractivity contribution in [2.45, 2.75) is 6.92 Å². The quantitative estimate of drug-likeness (QED) is 0.485. The molecule has 27 heavy (non-hydrogen) atoms. The van der Waals surface area contributed by atoms with Crippen molar-refractivity contribution in [1.82, 2.24) is 18.7 Å². The van der Waals surface area contributed by atoms with Gasteiger partial charge in [-0.25, -0.2) is 10.2 Å². The lowest BCUT2D eigenvalue weighted by Crippen LogP contribution is -2.37. The lowest BCUT2D eigenvalue weighted by Gasteiger charge is -2.08. The molecule has 0 spiro atoms. The van der Waals surface area contributed by atoms with Gasteiger partial charge >= 0.3 is 5.69 Å². The van der Waals surface area contributed by atoms with Crippen molar-refractivity contribution < 1.29 is 4.74 Å². The molecule has 0 aliphatic heterocycles. The maximum absolute atomic E-state index is 12.4. The van der Waals surface area contributed by atoms with E-state index in [0.29, 0.717) is 28.6 Å². The third kappa shape index (κ3) is 3.52. The maximum atomic E-state index is 12.4. The Kier molecular flexibility index (Phi) is 5.17. The van der Waals surface area contributed by atoms with Gasteiger partial charge in [-0.2, -0.15) is 10.1 Å². The Bertz CT molecular complexity index is 1160. The van der Waals surface area contributed by atoms with Gasteiger partial charge in [-0.15, -0.1) is 0 Å². The van der Waals surface area contributed by atoms with Crippen molar-refractivity contribution in [3.05, 3.63) is 49.6 Å². The first-order chi connectivity index (χ1) is 12.8. The molecule has 0 saturated heterocycles. The number of nitrogens with one attached hydrogen (secondary N) is 1. The molecule has 0 radical (unpaired) electrons. The number of imidazole rings is 1. The molecule has 2 heterocycles. The number of halogens is 1. The molecule has 0 atom stereocenters. The fourth-order valence-electron chi connectivity index (χ4n) is 2.54. The first kappa shape index (κ1) is 18.9. The number of hydrazone groups is 1. The monoisotopic (exact) mass is 434 g/mol. The van der Waals surface area contributed by atoms with Crippen molar-refractivity contribution in [3.63, 3.8) is 0 Å². The predicted molar refractivity (Wildman–Crippen MR) is 108 cm³/mol. The van der Waals surface area contributed by atoms with Gasteiger partial charge in [0.15, 0.2) is 11.2 Å². The van der Waals surface area contributed by atoms with Gasteiger partial charge in [-0.3, -0.25) is 13.9 Å².